The van der Waals surface area contributed by atoms with Crippen molar-refractivity contribution in [3.8, 4) is 11.5 Å². The van der Waals surface area contributed by atoms with Gasteiger partial charge in [0.1, 0.15) is 0 Å². The topological polar surface area (TPSA) is 117 Å². The molecule has 0 aliphatic carbocycles. The first kappa shape index (κ1) is 24.7. The number of hydrogen-bond donors (Lipinski definition) is 2. The molecule has 1 amide bonds. The largest absolute Gasteiger partial charge is 0.493 e. The summed E-state index contributed by atoms with van der Waals surface area (Å²) in [5.41, 5.74) is 3.22. The molecule has 0 aromatic heterocycles. The van der Waals surface area contributed by atoms with Gasteiger partial charge in [-0.05, 0) is 30.2 Å². The van der Waals surface area contributed by atoms with Gasteiger partial charge in [0.05, 0.1) is 19.8 Å². The number of carbonyl (C=O) groups is 3. The Morgan fingerprint density at radius 1 is 0.875 bits per heavy atom. The zero-order valence-electron chi connectivity index (χ0n) is 18.4. The molecule has 32 heavy (non-hydrogen) atoms. The minimum Gasteiger partial charge on any atom is -0.493 e. The fraction of sp³-hybridized carbons (Fsp3) is 0.348. The molecule has 9 heteroatoms. The second kappa shape index (κ2) is 11.7. The molecule has 0 radical (unpaired) electrons. The predicted molar refractivity (Wildman–Crippen MR) is 117 cm³/mol. The molecule has 0 atom stereocenters. The summed E-state index contributed by atoms with van der Waals surface area (Å²) in [4.78, 5) is 35.4. The number of nitrogens with zero attached hydrogens (tertiary/aromatic N) is 2. The van der Waals surface area contributed by atoms with Crippen LogP contribution in [0.15, 0.2) is 42.5 Å². The van der Waals surface area contributed by atoms with Crippen LogP contribution in [0.2, 0.25) is 0 Å². The average Bonchev–Trinajstić information content (AvgIpc) is 2.80. The fourth-order valence-electron chi connectivity index (χ4n) is 3.36. The number of carboxylic acid groups (broad SMARTS) is 2. The van der Waals surface area contributed by atoms with E-state index in [4.69, 9.17) is 29.3 Å². The summed E-state index contributed by atoms with van der Waals surface area (Å²) in [6.45, 7) is 6.23. The fourth-order valence-corrected chi connectivity index (χ4v) is 3.36. The van der Waals surface area contributed by atoms with E-state index in [2.05, 4.69) is 36.1 Å². The van der Waals surface area contributed by atoms with Gasteiger partial charge in [0.2, 0.25) is 0 Å². The number of benzene rings is 2. The highest BCUT2D eigenvalue weighted by Gasteiger charge is 2.25. The van der Waals surface area contributed by atoms with Crippen LogP contribution in [-0.4, -0.2) is 78.3 Å². The van der Waals surface area contributed by atoms with Crippen molar-refractivity contribution in [1.82, 2.24) is 9.80 Å². The number of aliphatic carboxylic acids is 2. The van der Waals surface area contributed by atoms with Gasteiger partial charge in [0.25, 0.3) is 5.91 Å². The number of methoxy groups -OCH3 is 2. The minimum absolute atomic E-state index is 0.00343. The van der Waals surface area contributed by atoms with Gasteiger partial charge in [0.15, 0.2) is 11.5 Å². The Balaban J connectivity index is 0.000000534. The van der Waals surface area contributed by atoms with Gasteiger partial charge in [-0.1, -0.05) is 30.3 Å². The molecule has 172 valence electrons. The molecule has 1 aliphatic heterocycles. The zero-order chi connectivity index (χ0) is 23.7. The maximum absolute atomic E-state index is 12.9. The summed E-state index contributed by atoms with van der Waals surface area (Å²) in [5.74, 6) is -2.57. The molecular formula is C23H28N2O7. The summed E-state index contributed by atoms with van der Waals surface area (Å²) < 4.78 is 10.7. The molecule has 9 nitrogen and oxygen atoms in total. The molecular weight excluding hydrogens is 416 g/mol. The van der Waals surface area contributed by atoms with Crippen molar-refractivity contribution in [2.75, 3.05) is 40.4 Å². The number of rotatable bonds is 5. The summed E-state index contributed by atoms with van der Waals surface area (Å²) in [6, 6.07) is 13.9. The van der Waals surface area contributed by atoms with E-state index in [1.54, 1.807) is 26.4 Å². The normalized spacial score (nSPS) is 13.5. The number of amides is 1. The Kier molecular flexibility index (Phi) is 9.03. The number of para-hydroxylation sites is 1. The lowest BCUT2D eigenvalue weighted by atomic mass is 10.1. The number of carbonyl (C=O) groups excluding carboxylic acids is 1. The first-order valence-electron chi connectivity index (χ1n) is 10.0. The van der Waals surface area contributed by atoms with Crippen molar-refractivity contribution in [2.45, 2.75) is 13.5 Å². The van der Waals surface area contributed by atoms with Crippen LogP contribution in [0.5, 0.6) is 11.5 Å². The SMILES string of the molecule is COc1cccc(C(=O)N2CCN(Cc3ccccc3C)CC2)c1OC.O=C(O)C(=O)O. The van der Waals surface area contributed by atoms with Crippen molar-refractivity contribution in [2.24, 2.45) is 0 Å². The van der Waals surface area contributed by atoms with E-state index in [1.807, 2.05) is 11.0 Å². The van der Waals surface area contributed by atoms with E-state index in [0.29, 0.717) is 30.2 Å². The Morgan fingerprint density at radius 2 is 1.50 bits per heavy atom. The number of ether oxygens (including phenoxy) is 2. The number of carboxylic acids is 2. The second-order valence-electron chi connectivity index (χ2n) is 7.15. The Bertz CT molecular complexity index is 941. The highest BCUT2D eigenvalue weighted by atomic mass is 16.5. The second-order valence-corrected chi connectivity index (χ2v) is 7.15. The molecule has 1 heterocycles. The summed E-state index contributed by atoms with van der Waals surface area (Å²) in [5, 5.41) is 14.8. The number of aryl methyl sites for hydroxylation is 1. The third-order valence-corrected chi connectivity index (χ3v) is 5.13. The van der Waals surface area contributed by atoms with Crippen molar-refractivity contribution >= 4 is 17.8 Å². The molecule has 3 rings (SSSR count). The first-order valence-corrected chi connectivity index (χ1v) is 10.0. The van der Waals surface area contributed by atoms with Crippen LogP contribution in [0, 0.1) is 6.92 Å². The van der Waals surface area contributed by atoms with Crippen molar-refractivity contribution < 1.29 is 34.1 Å². The van der Waals surface area contributed by atoms with E-state index in [-0.39, 0.29) is 5.91 Å². The lowest BCUT2D eigenvalue weighted by molar-refractivity contribution is -0.159. The maximum atomic E-state index is 12.9. The smallest absolute Gasteiger partial charge is 0.414 e. The predicted octanol–water partition coefficient (Wildman–Crippen LogP) is 2.13. The van der Waals surface area contributed by atoms with Gasteiger partial charge in [-0.25, -0.2) is 9.59 Å². The summed E-state index contributed by atoms with van der Waals surface area (Å²) in [7, 11) is 3.14. The maximum Gasteiger partial charge on any atom is 0.414 e. The standard InChI is InChI=1S/C21H26N2O3.C2H2O4/c1-16-7-4-5-8-17(16)15-22-11-13-23(14-12-22)21(24)18-9-6-10-19(25-2)20(18)26-3;3-1(4)2(5)6/h4-10H,11-15H2,1-3H3;(H,3,4)(H,5,6). The van der Waals surface area contributed by atoms with Gasteiger partial charge in [-0.15, -0.1) is 0 Å². The first-order chi connectivity index (χ1) is 15.3. The van der Waals surface area contributed by atoms with Crippen molar-refractivity contribution in [1.29, 1.82) is 0 Å². The Morgan fingerprint density at radius 3 is 2.03 bits per heavy atom. The molecule has 2 aromatic carbocycles. The van der Waals surface area contributed by atoms with Crippen LogP contribution < -0.4 is 9.47 Å². The molecule has 0 saturated carbocycles. The highest BCUT2D eigenvalue weighted by Crippen LogP contribution is 2.31. The zero-order valence-corrected chi connectivity index (χ0v) is 18.4. The molecule has 0 spiro atoms. The molecule has 1 fully saturated rings. The van der Waals surface area contributed by atoms with E-state index in [9.17, 15) is 4.79 Å². The third-order valence-electron chi connectivity index (χ3n) is 5.13. The van der Waals surface area contributed by atoms with Crippen molar-refractivity contribution in [3.63, 3.8) is 0 Å². The minimum atomic E-state index is -1.82. The van der Waals surface area contributed by atoms with Crippen molar-refractivity contribution in [3.05, 3.63) is 59.2 Å². The van der Waals surface area contributed by atoms with Crippen LogP contribution in [0.4, 0.5) is 0 Å². The summed E-state index contributed by atoms with van der Waals surface area (Å²) >= 11 is 0. The van der Waals surface area contributed by atoms with Crippen LogP contribution in [0.25, 0.3) is 0 Å². The van der Waals surface area contributed by atoms with Crippen LogP contribution in [-0.2, 0) is 16.1 Å². The molecule has 1 aliphatic rings. The van der Waals surface area contributed by atoms with Crippen LogP contribution >= 0.6 is 0 Å². The van der Waals surface area contributed by atoms with Gasteiger partial charge >= 0.3 is 11.9 Å². The third kappa shape index (κ3) is 6.45. The molecule has 1 saturated heterocycles. The highest BCUT2D eigenvalue weighted by molar-refractivity contribution is 6.27. The van der Waals surface area contributed by atoms with Gasteiger partial charge in [-0.2, -0.15) is 0 Å². The average molecular weight is 444 g/mol. The van der Waals surface area contributed by atoms with E-state index >= 15 is 0 Å². The summed E-state index contributed by atoms with van der Waals surface area (Å²) in [6.07, 6.45) is 0. The quantitative estimate of drug-likeness (QED) is 0.674. The Hall–Kier alpha value is -3.59. The lowest BCUT2D eigenvalue weighted by Gasteiger charge is -2.35. The molecule has 0 unspecified atom stereocenters. The molecule has 2 aromatic rings. The van der Waals surface area contributed by atoms with Gasteiger partial charge < -0.3 is 24.6 Å². The van der Waals surface area contributed by atoms with E-state index in [0.717, 1.165) is 19.6 Å². The van der Waals surface area contributed by atoms with Crippen LogP contribution in [0.3, 0.4) is 0 Å². The molecule has 2 N–H and O–H groups in total. The number of hydrogen-bond acceptors (Lipinski definition) is 6. The van der Waals surface area contributed by atoms with E-state index in [1.165, 1.54) is 11.1 Å². The van der Waals surface area contributed by atoms with Gasteiger partial charge in [-0.3, -0.25) is 9.69 Å². The van der Waals surface area contributed by atoms with Crippen LogP contribution in [0.1, 0.15) is 21.5 Å². The lowest BCUT2D eigenvalue weighted by Crippen LogP contribution is -2.48. The Labute approximate surface area is 186 Å². The van der Waals surface area contributed by atoms with E-state index < -0.39 is 11.9 Å². The monoisotopic (exact) mass is 444 g/mol. The number of piperazine rings is 1. The molecule has 0 bridgehead atoms. The van der Waals surface area contributed by atoms with Gasteiger partial charge in [0, 0.05) is 32.7 Å².